The quantitative estimate of drug-likeness (QED) is 0.844. The molecule has 1 N–H and O–H groups in total. The summed E-state index contributed by atoms with van der Waals surface area (Å²) < 4.78 is 11.4. The Morgan fingerprint density at radius 2 is 1.86 bits per heavy atom. The number of hydrogen-bond donors (Lipinski definition) is 1. The SMILES string of the molecule is CNC(c1ccc(OC)c(Br)c1)c1ccc(OC)cc1Cl. The van der Waals surface area contributed by atoms with Gasteiger partial charge in [0, 0.05) is 5.02 Å². The Bertz CT molecular complexity index is 634. The summed E-state index contributed by atoms with van der Waals surface area (Å²) in [6.07, 6.45) is 0. The number of halogens is 2. The van der Waals surface area contributed by atoms with Gasteiger partial charge in [-0.1, -0.05) is 23.7 Å². The third kappa shape index (κ3) is 3.51. The molecule has 0 bridgehead atoms. The van der Waals surface area contributed by atoms with E-state index in [9.17, 15) is 0 Å². The van der Waals surface area contributed by atoms with E-state index in [1.54, 1.807) is 14.2 Å². The van der Waals surface area contributed by atoms with Gasteiger partial charge in [-0.15, -0.1) is 0 Å². The molecule has 0 radical (unpaired) electrons. The molecule has 0 fully saturated rings. The minimum absolute atomic E-state index is 0.00869. The highest BCUT2D eigenvalue weighted by molar-refractivity contribution is 9.10. The van der Waals surface area contributed by atoms with E-state index in [1.165, 1.54) is 0 Å². The van der Waals surface area contributed by atoms with Crippen molar-refractivity contribution in [3.8, 4) is 11.5 Å². The van der Waals surface area contributed by atoms with Crippen molar-refractivity contribution in [3.63, 3.8) is 0 Å². The van der Waals surface area contributed by atoms with Gasteiger partial charge >= 0.3 is 0 Å². The maximum atomic E-state index is 6.37. The zero-order valence-corrected chi connectivity index (χ0v) is 14.5. The van der Waals surface area contributed by atoms with E-state index in [4.69, 9.17) is 21.1 Å². The van der Waals surface area contributed by atoms with E-state index in [2.05, 4.69) is 21.2 Å². The van der Waals surface area contributed by atoms with Crippen molar-refractivity contribution >= 4 is 27.5 Å². The van der Waals surface area contributed by atoms with Crippen LogP contribution in [-0.2, 0) is 0 Å². The largest absolute Gasteiger partial charge is 0.497 e. The van der Waals surface area contributed by atoms with Crippen molar-refractivity contribution in [2.75, 3.05) is 21.3 Å². The Morgan fingerprint density at radius 1 is 1.10 bits per heavy atom. The summed E-state index contributed by atoms with van der Waals surface area (Å²) in [5.41, 5.74) is 2.09. The Morgan fingerprint density at radius 3 is 2.38 bits per heavy atom. The summed E-state index contributed by atoms with van der Waals surface area (Å²) in [4.78, 5) is 0. The summed E-state index contributed by atoms with van der Waals surface area (Å²) in [6.45, 7) is 0. The molecule has 2 rings (SSSR count). The zero-order valence-electron chi connectivity index (χ0n) is 12.1. The van der Waals surface area contributed by atoms with Gasteiger partial charge in [0.1, 0.15) is 11.5 Å². The van der Waals surface area contributed by atoms with E-state index >= 15 is 0 Å². The normalized spacial score (nSPS) is 12.0. The summed E-state index contributed by atoms with van der Waals surface area (Å²) in [7, 11) is 5.18. The molecule has 0 spiro atoms. The lowest BCUT2D eigenvalue weighted by Gasteiger charge is -2.20. The first kappa shape index (κ1) is 16.1. The molecule has 2 aromatic rings. The summed E-state index contributed by atoms with van der Waals surface area (Å²) in [5.74, 6) is 1.55. The number of rotatable bonds is 5. The Balaban J connectivity index is 2.42. The van der Waals surface area contributed by atoms with Crippen molar-refractivity contribution in [2.24, 2.45) is 0 Å². The predicted octanol–water partition coefficient (Wildman–Crippen LogP) is 4.43. The predicted molar refractivity (Wildman–Crippen MR) is 89.6 cm³/mol. The van der Waals surface area contributed by atoms with Gasteiger partial charge in [0.15, 0.2) is 0 Å². The highest BCUT2D eigenvalue weighted by atomic mass is 79.9. The Labute approximate surface area is 138 Å². The standard InChI is InChI=1S/C16H17BrClNO2/c1-19-16(10-4-7-15(21-3)13(17)8-10)12-6-5-11(20-2)9-14(12)18/h4-9,16,19H,1-3H3. The van der Waals surface area contributed by atoms with Crippen LogP contribution in [0.2, 0.25) is 5.02 Å². The third-order valence-corrected chi connectivity index (χ3v) is 4.26. The lowest BCUT2D eigenvalue weighted by atomic mass is 9.98. The summed E-state index contributed by atoms with van der Waals surface area (Å²) >= 11 is 9.89. The molecular weight excluding hydrogens is 354 g/mol. The first-order valence-corrected chi connectivity index (χ1v) is 7.62. The van der Waals surface area contributed by atoms with Crippen LogP contribution in [0.4, 0.5) is 0 Å². The molecule has 0 aliphatic carbocycles. The van der Waals surface area contributed by atoms with Crippen LogP contribution in [0.1, 0.15) is 17.2 Å². The molecule has 0 amide bonds. The number of methoxy groups -OCH3 is 2. The van der Waals surface area contributed by atoms with Crippen LogP contribution >= 0.6 is 27.5 Å². The van der Waals surface area contributed by atoms with Crippen molar-refractivity contribution in [1.82, 2.24) is 5.32 Å². The molecule has 1 atom stereocenters. The van der Waals surface area contributed by atoms with Gasteiger partial charge in [-0.05, 0) is 58.4 Å². The fourth-order valence-corrected chi connectivity index (χ4v) is 3.07. The minimum atomic E-state index is -0.00869. The average Bonchev–Trinajstić information content (AvgIpc) is 2.49. The van der Waals surface area contributed by atoms with Gasteiger partial charge < -0.3 is 14.8 Å². The Hall–Kier alpha value is -1.23. The van der Waals surface area contributed by atoms with Gasteiger partial charge in [-0.25, -0.2) is 0 Å². The molecule has 0 saturated heterocycles. The summed E-state index contributed by atoms with van der Waals surface area (Å²) in [6, 6.07) is 11.7. The van der Waals surface area contributed by atoms with Gasteiger partial charge in [0.25, 0.3) is 0 Å². The molecule has 1 unspecified atom stereocenters. The fourth-order valence-electron chi connectivity index (χ4n) is 2.23. The second kappa shape index (κ2) is 7.16. The first-order valence-electron chi connectivity index (χ1n) is 6.44. The lowest BCUT2D eigenvalue weighted by molar-refractivity contribution is 0.412. The van der Waals surface area contributed by atoms with Crippen molar-refractivity contribution < 1.29 is 9.47 Å². The van der Waals surface area contributed by atoms with Crippen LogP contribution in [-0.4, -0.2) is 21.3 Å². The van der Waals surface area contributed by atoms with Gasteiger partial charge in [-0.2, -0.15) is 0 Å². The van der Waals surface area contributed by atoms with Crippen molar-refractivity contribution in [3.05, 3.63) is 57.0 Å². The van der Waals surface area contributed by atoms with Crippen molar-refractivity contribution in [1.29, 1.82) is 0 Å². The van der Waals surface area contributed by atoms with Gasteiger partial charge in [-0.3, -0.25) is 0 Å². The molecule has 2 aromatic carbocycles. The molecule has 0 saturated carbocycles. The van der Waals surface area contributed by atoms with E-state index < -0.39 is 0 Å². The molecule has 0 aliphatic heterocycles. The monoisotopic (exact) mass is 369 g/mol. The van der Waals surface area contributed by atoms with E-state index in [0.29, 0.717) is 5.02 Å². The topological polar surface area (TPSA) is 30.5 Å². The molecule has 0 aliphatic rings. The van der Waals surface area contributed by atoms with E-state index in [1.807, 2.05) is 43.4 Å². The van der Waals surface area contributed by atoms with Crippen LogP contribution in [0.15, 0.2) is 40.9 Å². The van der Waals surface area contributed by atoms with E-state index in [-0.39, 0.29) is 6.04 Å². The molecular formula is C16H17BrClNO2. The highest BCUT2D eigenvalue weighted by Gasteiger charge is 2.17. The van der Waals surface area contributed by atoms with Crippen LogP contribution < -0.4 is 14.8 Å². The molecule has 3 nitrogen and oxygen atoms in total. The van der Waals surface area contributed by atoms with Crippen LogP contribution in [0.3, 0.4) is 0 Å². The zero-order chi connectivity index (χ0) is 15.4. The second-order valence-corrected chi connectivity index (χ2v) is 5.76. The molecule has 112 valence electrons. The highest BCUT2D eigenvalue weighted by Crippen LogP contribution is 2.34. The van der Waals surface area contributed by atoms with Crippen LogP contribution in [0.25, 0.3) is 0 Å². The molecule has 21 heavy (non-hydrogen) atoms. The second-order valence-electron chi connectivity index (χ2n) is 4.50. The smallest absolute Gasteiger partial charge is 0.133 e. The number of hydrogen-bond acceptors (Lipinski definition) is 3. The molecule has 5 heteroatoms. The van der Waals surface area contributed by atoms with Crippen molar-refractivity contribution in [2.45, 2.75) is 6.04 Å². The van der Waals surface area contributed by atoms with Gasteiger partial charge in [0.2, 0.25) is 0 Å². The van der Waals surface area contributed by atoms with Crippen LogP contribution in [0.5, 0.6) is 11.5 Å². The fraction of sp³-hybridized carbons (Fsp3) is 0.250. The molecule has 0 heterocycles. The maximum Gasteiger partial charge on any atom is 0.133 e. The molecule has 0 aromatic heterocycles. The number of benzene rings is 2. The number of nitrogens with one attached hydrogen (secondary N) is 1. The number of ether oxygens (including phenoxy) is 2. The summed E-state index contributed by atoms with van der Waals surface area (Å²) in [5, 5.41) is 3.96. The van der Waals surface area contributed by atoms with Gasteiger partial charge in [0.05, 0.1) is 24.7 Å². The first-order chi connectivity index (χ1) is 10.1. The van der Waals surface area contributed by atoms with Crippen LogP contribution in [0, 0.1) is 0 Å². The third-order valence-electron chi connectivity index (χ3n) is 3.32. The minimum Gasteiger partial charge on any atom is -0.497 e. The average molecular weight is 371 g/mol. The lowest BCUT2D eigenvalue weighted by Crippen LogP contribution is -2.18. The Kier molecular flexibility index (Phi) is 5.51. The van der Waals surface area contributed by atoms with E-state index in [0.717, 1.165) is 27.1 Å². The maximum absolute atomic E-state index is 6.37.